The van der Waals surface area contributed by atoms with Crippen molar-refractivity contribution in [2.24, 2.45) is 11.8 Å². The van der Waals surface area contributed by atoms with Crippen LogP contribution in [-0.2, 0) is 28.7 Å². The van der Waals surface area contributed by atoms with E-state index in [-0.39, 0.29) is 42.3 Å². The Morgan fingerprint density at radius 2 is 1.87 bits per heavy atom. The lowest BCUT2D eigenvalue weighted by atomic mass is 9.70. The van der Waals surface area contributed by atoms with Crippen molar-refractivity contribution >= 4 is 39.6 Å². The fourth-order valence-electron chi connectivity index (χ4n) is 7.66. The molecular formula is C36H50BrN3O7. The Hall–Kier alpha value is -3.02. The third kappa shape index (κ3) is 6.81. The first-order chi connectivity index (χ1) is 22.4. The zero-order chi connectivity index (χ0) is 34.6. The van der Waals surface area contributed by atoms with E-state index in [0.717, 1.165) is 12.8 Å². The summed E-state index contributed by atoms with van der Waals surface area (Å²) in [7, 11) is 1.68. The number of likely N-dealkylation sites (N-methyl/N-ethyl adjacent to an activating group) is 1. The van der Waals surface area contributed by atoms with E-state index in [1.165, 1.54) is 4.90 Å². The Labute approximate surface area is 287 Å². The van der Waals surface area contributed by atoms with E-state index in [9.17, 15) is 24.3 Å². The molecule has 3 fully saturated rings. The highest BCUT2D eigenvalue weighted by molar-refractivity contribution is 9.09. The Bertz CT molecular complexity index is 1330. The number of hydrogen-bond donors (Lipinski definition) is 1. The van der Waals surface area contributed by atoms with Gasteiger partial charge in [-0.1, -0.05) is 71.8 Å². The molecular weight excluding hydrogens is 666 g/mol. The highest BCUT2D eigenvalue weighted by Gasteiger charge is 2.77. The lowest BCUT2D eigenvalue weighted by molar-refractivity contribution is -0.165. The van der Waals surface area contributed by atoms with Gasteiger partial charge in [-0.15, -0.1) is 13.2 Å². The highest BCUT2D eigenvalue weighted by atomic mass is 79.9. The van der Waals surface area contributed by atoms with Crippen molar-refractivity contribution < 1.29 is 33.8 Å². The molecule has 11 heteroatoms. The maximum absolute atomic E-state index is 14.5. The predicted octanol–water partition coefficient (Wildman–Crippen LogP) is 4.42. The topological polar surface area (TPSA) is 117 Å². The Morgan fingerprint density at radius 3 is 2.47 bits per heavy atom. The van der Waals surface area contributed by atoms with E-state index >= 15 is 0 Å². The molecule has 47 heavy (non-hydrogen) atoms. The third-order valence-electron chi connectivity index (χ3n) is 10.2. The Morgan fingerprint density at radius 1 is 1.19 bits per heavy atom. The summed E-state index contributed by atoms with van der Waals surface area (Å²) in [6, 6.07) is 6.84. The van der Waals surface area contributed by atoms with Gasteiger partial charge in [0, 0.05) is 30.9 Å². The van der Waals surface area contributed by atoms with Crippen LogP contribution >= 0.6 is 15.9 Å². The van der Waals surface area contributed by atoms with Crippen LogP contribution in [0.2, 0.25) is 0 Å². The first-order valence-electron chi connectivity index (χ1n) is 16.7. The molecule has 258 valence electrons. The van der Waals surface area contributed by atoms with Crippen LogP contribution in [0.5, 0.6) is 0 Å². The van der Waals surface area contributed by atoms with Crippen molar-refractivity contribution in [1.29, 1.82) is 0 Å². The molecule has 3 aliphatic rings. The van der Waals surface area contributed by atoms with Gasteiger partial charge >= 0.3 is 5.97 Å². The quantitative estimate of drug-likeness (QED) is 0.153. The number of fused-ring (bicyclic) bond motifs is 1. The summed E-state index contributed by atoms with van der Waals surface area (Å²) in [5, 5.41) is 10.2. The smallest absolute Gasteiger partial charge is 0.313 e. The zero-order valence-corrected chi connectivity index (χ0v) is 29.8. The molecule has 1 spiro atoms. The van der Waals surface area contributed by atoms with Gasteiger partial charge < -0.3 is 29.3 Å². The molecule has 3 aliphatic heterocycles. The van der Waals surface area contributed by atoms with Crippen molar-refractivity contribution in [1.82, 2.24) is 14.7 Å². The van der Waals surface area contributed by atoms with E-state index in [1.54, 1.807) is 35.9 Å². The zero-order valence-electron chi connectivity index (χ0n) is 28.2. The maximum Gasteiger partial charge on any atom is 0.313 e. The van der Waals surface area contributed by atoms with Gasteiger partial charge in [0.15, 0.2) is 0 Å². The monoisotopic (exact) mass is 715 g/mol. The maximum atomic E-state index is 14.5. The second-order valence-corrected chi connectivity index (χ2v) is 14.4. The number of carbonyl (C=O) groups is 4. The van der Waals surface area contributed by atoms with Crippen molar-refractivity contribution in [2.75, 3.05) is 20.2 Å². The van der Waals surface area contributed by atoms with E-state index in [1.807, 2.05) is 51.1 Å². The number of nitrogens with zero attached hydrogens (tertiary/aromatic N) is 3. The van der Waals surface area contributed by atoms with Gasteiger partial charge in [0.25, 0.3) is 0 Å². The minimum absolute atomic E-state index is 0.112. The predicted molar refractivity (Wildman–Crippen MR) is 182 cm³/mol. The molecule has 2 bridgehead atoms. The number of likely N-dealkylation sites (tertiary alicyclic amines) is 1. The fraction of sp³-hybridized carbons (Fsp3) is 0.611. The van der Waals surface area contributed by atoms with Gasteiger partial charge in [-0.25, -0.2) is 0 Å². The van der Waals surface area contributed by atoms with Crippen LogP contribution in [0.25, 0.3) is 0 Å². The Balaban J connectivity index is 1.73. The minimum Gasteiger partial charge on any atom is -0.455 e. The average Bonchev–Trinajstić information content (AvgIpc) is 3.67. The molecule has 0 aromatic heterocycles. The van der Waals surface area contributed by atoms with Crippen LogP contribution < -0.4 is 0 Å². The van der Waals surface area contributed by atoms with Gasteiger partial charge in [0.05, 0.1) is 36.6 Å². The average molecular weight is 717 g/mol. The van der Waals surface area contributed by atoms with Gasteiger partial charge in [-0.2, -0.15) is 0 Å². The van der Waals surface area contributed by atoms with E-state index in [0.29, 0.717) is 18.4 Å². The van der Waals surface area contributed by atoms with Gasteiger partial charge in [-0.05, 0) is 45.6 Å². The summed E-state index contributed by atoms with van der Waals surface area (Å²) in [5.74, 6) is -3.42. The number of allylic oxidation sites excluding steroid dienone is 1. The summed E-state index contributed by atoms with van der Waals surface area (Å²) in [5.41, 5.74) is -0.589. The summed E-state index contributed by atoms with van der Waals surface area (Å²) >= 11 is 3.72. The molecule has 0 aliphatic carbocycles. The summed E-state index contributed by atoms with van der Waals surface area (Å²) in [6.45, 7) is 15.0. The van der Waals surface area contributed by atoms with Crippen molar-refractivity contribution in [3.8, 4) is 0 Å². The molecule has 3 heterocycles. The number of hydrogen-bond acceptors (Lipinski definition) is 7. The highest BCUT2D eigenvalue weighted by Crippen LogP contribution is 2.61. The summed E-state index contributed by atoms with van der Waals surface area (Å²) < 4.78 is 13.0. The van der Waals surface area contributed by atoms with Gasteiger partial charge in [0.1, 0.15) is 17.7 Å². The normalized spacial score (nSPS) is 28.6. The molecule has 2 unspecified atom stereocenters. The molecule has 10 nitrogen and oxygen atoms in total. The van der Waals surface area contributed by atoms with Crippen molar-refractivity contribution in [3.05, 3.63) is 61.2 Å². The number of rotatable bonds is 16. The molecule has 10 atom stereocenters. The lowest BCUT2D eigenvalue weighted by Gasteiger charge is -2.40. The van der Waals surface area contributed by atoms with Crippen LogP contribution in [0, 0.1) is 11.8 Å². The number of esters is 1. The van der Waals surface area contributed by atoms with Crippen LogP contribution in [-0.4, -0.2) is 104 Å². The van der Waals surface area contributed by atoms with Crippen LogP contribution in [0.4, 0.5) is 0 Å². The number of amides is 3. The standard InChI is InChI=1S/C36H50BrN3O7/c1-8-11-18-27(42)38(7)24(6)30(25-16-13-12-14-17-25)46-35(45)28-29-33(43)40(23(5)21-41)32(36(29)20-26(37)31(28)47-36)34(44)39(19-10-3)22(4)15-9-2/h8,10,12-14,16-17,22-24,26,28-32,41H,1,3,9,11,15,18-21H2,2,4-7H3/t22?,23-,24+,26?,28-,29+,30-,31-,32-,36+/m1/s1. The number of halogens is 1. The minimum atomic E-state index is -1.29. The second-order valence-electron chi connectivity index (χ2n) is 13.2. The molecule has 4 rings (SSSR count). The number of aliphatic hydroxyl groups is 1. The van der Waals surface area contributed by atoms with Crippen LogP contribution in [0.15, 0.2) is 55.6 Å². The van der Waals surface area contributed by atoms with E-state index < -0.39 is 59.6 Å². The van der Waals surface area contributed by atoms with Crippen molar-refractivity contribution in [3.63, 3.8) is 0 Å². The Kier molecular flexibility index (Phi) is 12.1. The number of carbonyl (C=O) groups excluding carboxylic acids is 4. The molecule has 0 radical (unpaired) electrons. The van der Waals surface area contributed by atoms with Gasteiger partial charge in [0.2, 0.25) is 17.7 Å². The number of ether oxygens (including phenoxy) is 2. The van der Waals surface area contributed by atoms with Crippen LogP contribution in [0.1, 0.15) is 71.5 Å². The third-order valence-corrected chi connectivity index (χ3v) is 11.0. The summed E-state index contributed by atoms with van der Waals surface area (Å²) in [4.78, 5) is 60.8. The first kappa shape index (κ1) is 36.8. The molecule has 3 amide bonds. The van der Waals surface area contributed by atoms with Crippen LogP contribution in [0.3, 0.4) is 0 Å². The summed E-state index contributed by atoms with van der Waals surface area (Å²) in [6.07, 6.45) is 4.57. The van der Waals surface area contributed by atoms with Crippen molar-refractivity contribution in [2.45, 2.75) is 107 Å². The molecule has 0 saturated carbocycles. The molecule has 3 saturated heterocycles. The molecule has 1 aromatic carbocycles. The lowest BCUT2D eigenvalue weighted by Crippen LogP contribution is -2.59. The number of alkyl halides is 1. The fourth-order valence-corrected chi connectivity index (χ4v) is 8.60. The SMILES string of the molecule is C=CCCC(=O)N(C)[C@@H](C)[C@@H](OC(=O)[C@H]1[C@@H]2O[C@@]3(CC2Br)[C@@H]1C(=O)N([C@H](C)CO)[C@@H]3C(=O)N(CC=C)C(C)CCC)c1ccccc1. The number of aliphatic hydroxyl groups excluding tert-OH is 1. The van der Waals surface area contributed by atoms with E-state index in [4.69, 9.17) is 9.47 Å². The van der Waals surface area contributed by atoms with E-state index in [2.05, 4.69) is 29.1 Å². The molecule has 1 N–H and O–H groups in total. The van der Waals surface area contributed by atoms with Gasteiger partial charge in [-0.3, -0.25) is 19.2 Å². The largest absolute Gasteiger partial charge is 0.455 e. The number of benzene rings is 1. The first-order valence-corrected chi connectivity index (χ1v) is 17.6. The second kappa shape index (κ2) is 15.5. The molecule has 1 aromatic rings.